The lowest BCUT2D eigenvalue weighted by Gasteiger charge is -2.19. The summed E-state index contributed by atoms with van der Waals surface area (Å²) in [6.45, 7) is 4.31. The van der Waals surface area contributed by atoms with Gasteiger partial charge in [-0.1, -0.05) is 12.1 Å². The second-order valence-electron chi connectivity index (χ2n) is 4.33. The molecule has 0 atom stereocenters. The van der Waals surface area contributed by atoms with Gasteiger partial charge in [-0.2, -0.15) is 0 Å². The number of thioether (sulfide) groups is 1. The molecule has 0 heterocycles. The normalized spacial score (nSPS) is 10.2. The Balaban J connectivity index is 2.36. The molecule has 0 saturated carbocycles. The lowest BCUT2D eigenvalue weighted by molar-refractivity contribution is -0.148. The highest BCUT2D eigenvalue weighted by atomic mass is 32.2. The molecule has 116 valence electrons. The van der Waals surface area contributed by atoms with Crippen molar-refractivity contribution in [2.45, 2.75) is 19.6 Å². The zero-order valence-electron chi connectivity index (χ0n) is 12.3. The van der Waals surface area contributed by atoms with Crippen LogP contribution in [0, 0.1) is 5.82 Å². The van der Waals surface area contributed by atoms with E-state index in [0.29, 0.717) is 18.9 Å². The summed E-state index contributed by atoms with van der Waals surface area (Å²) in [5, 5.41) is 0. The predicted octanol–water partition coefficient (Wildman–Crippen LogP) is 2.47. The van der Waals surface area contributed by atoms with Crippen molar-refractivity contribution in [3.05, 3.63) is 35.6 Å². The molecule has 0 N–H and O–H groups in total. The summed E-state index contributed by atoms with van der Waals surface area (Å²) >= 11 is 1.44. The molecular weight excluding hydrogens is 293 g/mol. The van der Waals surface area contributed by atoms with Crippen molar-refractivity contribution in [3.8, 4) is 0 Å². The van der Waals surface area contributed by atoms with Gasteiger partial charge in [-0.15, -0.1) is 11.8 Å². The molecule has 0 fully saturated rings. The first-order chi connectivity index (χ1) is 10.1. The van der Waals surface area contributed by atoms with E-state index in [1.807, 2.05) is 6.92 Å². The molecule has 1 aromatic carbocycles. The largest absolute Gasteiger partial charge is 0.465 e. The Kier molecular flexibility index (Phi) is 7.82. The summed E-state index contributed by atoms with van der Waals surface area (Å²) < 4.78 is 17.6. The smallest absolute Gasteiger partial charge is 0.325 e. The van der Waals surface area contributed by atoms with Gasteiger partial charge in [0.2, 0.25) is 5.91 Å². The minimum Gasteiger partial charge on any atom is -0.465 e. The number of hydrogen-bond donors (Lipinski definition) is 0. The molecule has 0 aliphatic carbocycles. The second-order valence-corrected chi connectivity index (χ2v) is 5.32. The first kappa shape index (κ1) is 17.5. The number of esters is 1. The van der Waals surface area contributed by atoms with Crippen molar-refractivity contribution in [1.82, 2.24) is 4.90 Å². The van der Waals surface area contributed by atoms with Crippen molar-refractivity contribution < 1.29 is 18.7 Å². The number of benzene rings is 1. The standard InChI is InChI=1S/C15H20FNO3S/c1-3-17(9-15(19)20-4-2)14(18)11-21-10-12-5-7-13(16)8-6-12/h5-8H,3-4,9-11H2,1-2H3. The summed E-state index contributed by atoms with van der Waals surface area (Å²) in [5.41, 5.74) is 0.961. The monoisotopic (exact) mass is 313 g/mol. The van der Waals surface area contributed by atoms with Crippen LogP contribution in [0.15, 0.2) is 24.3 Å². The van der Waals surface area contributed by atoms with Crippen molar-refractivity contribution in [2.24, 2.45) is 0 Å². The Morgan fingerprint density at radius 1 is 1.24 bits per heavy atom. The fraction of sp³-hybridized carbons (Fsp3) is 0.467. The van der Waals surface area contributed by atoms with Crippen LogP contribution in [-0.4, -0.2) is 42.2 Å². The Morgan fingerprint density at radius 2 is 1.90 bits per heavy atom. The first-order valence-electron chi connectivity index (χ1n) is 6.82. The van der Waals surface area contributed by atoms with Crippen molar-refractivity contribution in [2.75, 3.05) is 25.4 Å². The van der Waals surface area contributed by atoms with Crippen LogP contribution in [-0.2, 0) is 20.1 Å². The Bertz CT molecular complexity index is 464. The molecule has 1 rings (SSSR count). The number of amides is 1. The van der Waals surface area contributed by atoms with Gasteiger partial charge in [-0.25, -0.2) is 4.39 Å². The summed E-state index contributed by atoms with van der Waals surface area (Å²) in [6.07, 6.45) is 0. The van der Waals surface area contributed by atoms with E-state index in [1.54, 1.807) is 19.1 Å². The van der Waals surface area contributed by atoms with Crippen LogP contribution in [0.25, 0.3) is 0 Å². The van der Waals surface area contributed by atoms with Crippen LogP contribution in [0.2, 0.25) is 0 Å². The number of carbonyl (C=O) groups excluding carboxylic acids is 2. The highest BCUT2D eigenvalue weighted by Gasteiger charge is 2.15. The van der Waals surface area contributed by atoms with Gasteiger partial charge in [-0.3, -0.25) is 9.59 Å². The maximum absolute atomic E-state index is 12.8. The summed E-state index contributed by atoms with van der Waals surface area (Å²) in [5.74, 6) is 0.147. The van der Waals surface area contributed by atoms with Crippen LogP contribution in [0.4, 0.5) is 4.39 Å². The van der Waals surface area contributed by atoms with Gasteiger partial charge in [0.1, 0.15) is 12.4 Å². The van der Waals surface area contributed by atoms with Gasteiger partial charge in [-0.05, 0) is 31.5 Å². The van der Waals surface area contributed by atoms with E-state index in [-0.39, 0.29) is 24.0 Å². The minimum atomic E-state index is -0.392. The number of nitrogens with zero attached hydrogens (tertiary/aromatic N) is 1. The van der Waals surface area contributed by atoms with Crippen LogP contribution in [0.3, 0.4) is 0 Å². The lowest BCUT2D eigenvalue weighted by Crippen LogP contribution is -2.37. The Labute approximate surface area is 128 Å². The van der Waals surface area contributed by atoms with Crippen molar-refractivity contribution in [1.29, 1.82) is 0 Å². The average Bonchev–Trinajstić information content (AvgIpc) is 2.47. The fourth-order valence-electron chi connectivity index (χ4n) is 1.67. The lowest BCUT2D eigenvalue weighted by atomic mass is 10.2. The zero-order chi connectivity index (χ0) is 15.7. The van der Waals surface area contributed by atoms with Gasteiger partial charge in [0.25, 0.3) is 0 Å². The molecule has 1 amide bonds. The van der Waals surface area contributed by atoms with Crippen molar-refractivity contribution in [3.63, 3.8) is 0 Å². The number of halogens is 1. The van der Waals surface area contributed by atoms with E-state index in [9.17, 15) is 14.0 Å². The molecule has 0 aromatic heterocycles. The zero-order valence-corrected chi connectivity index (χ0v) is 13.1. The SMILES string of the molecule is CCOC(=O)CN(CC)C(=O)CSCc1ccc(F)cc1. The summed E-state index contributed by atoms with van der Waals surface area (Å²) in [4.78, 5) is 24.8. The van der Waals surface area contributed by atoms with E-state index in [4.69, 9.17) is 4.74 Å². The Morgan fingerprint density at radius 3 is 2.48 bits per heavy atom. The molecule has 0 radical (unpaired) electrons. The third-order valence-electron chi connectivity index (χ3n) is 2.77. The van der Waals surface area contributed by atoms with Crippen molar-refractivity contribution >= 4 is 23.6 Å². The minimum absolute atomic E-state index is 0.0136. The predicted molar refractivity (Wildman–Crippen MR) is 81.4 cm³/mol. The number of rotatable bonds is 8. The summed E-state index contributed by atoms with van der Waals surface area (Å²) in [7, 11) is 0. The molecule has 4 nitrogen and oxygen atoms in total. The molecule has 0 bridgehead atoms. The van der Waals surface area contributed by atoms with Gasteiger partial charge >= 0.3 is 5.97 Å². The van der Waals surface area contributed by atoms with Crippen LogP contribution >= 0.6 is 11.8 Å². The second kappa shape index (κ2) is 9.39. The van der Waals surface area contributed by atoms with Crippen LogP contribution in [0.1, 0.15) is 19.4 Å². The first-order valence-corrected chi connectivity index (χ1v) is 7.97. The summed E-state index contributed by atoms with van der Waals surface area (Å²) in [6, 6.07) is 6.19. The fourth-order valence-corrected chi connectivity index (χ4v) is 2.55. The maximum atomic E-state index is 12.8. The Hall–Kier alpha value is -1.56. The number of ether oxygens (including phenoxy) is 1. The van der Waals surface area contributed by atoms with E-state index in [1.165, 1.54) is 28.8 Å². The molecular formula is C15H20FNO3S. The number of carbonyl (C=O) groups is 2. The van der Waals surface area contributed by atoms with Gasteiger partial charge in [0.05, 0.1) is 12.4 Å². The molecule has 0 unspecified atom stereocenters. The highest BCUT2D eigenvalue weighted by Crippen LogP contribution is 2.13. The maximum Gasteiger partial charge on any atom is 0.325 e. The number of hydrogen-bond acceptors (Lipinski definition) is 4. The molecule has 0 spiro atoms. The van der Waals surface area contributed by atoms with E-state index in [0.717, 1.165) is 5.56 Å². The quantitative estimate of drug-likeness (QED) is 0.692. The molecule has 0 saturated heterocycles. The third kappa shape index (κ3) is 6.62. The van der Waals surface area contributed by atoms with Gasteiger partial charge in [0.15, 0.2) is 0 Å². The molecule has 1 aromatic rings. The van der Waals surface area contributed by atoms with E-state index in [2.05, 4.69) is 0 Å². The topological polar surface area (TPSA) is 46.6 Å². The van der Waals surface area contributed by atoms with E-state index >= 15 is 0 Å². The van der Waals surface area contributed by atoms with Gasteiger partial charge < -0.3 is 9.64 Å². The molecule has 21 heavy (non-hydrogen) atoms. The van der Waals surface area contributed by atoms with Crippen LogP contribution in [0.5, 0.6) is 0 Å². The number of likely N-dealkylation sites (N-methyl/N-ethyl adjacent to an activating group) is 1. The van der Waals surface area contributed by atoms with Gasteiger partial charge in [0, 0.05) is 12.3 Å². The third-order valence-corrected chi connectivity index (χ3v) is 3.76. The molecule has 0 aliphatic heterocycles. The van der Waals surface area contributed by atoms with E-state index < -0.39 is 5.97 Å². The highest BCUT2D eigenvalue weighted by molar-refractivity contribution is 7.99. The molecule has 6 heteroatoms. The molecule has 0 aliphatic rings. The average molecular weight is 313 g/mol. The van der Waals surface area contributed by atoms with Crippen LogP contribution < -0.4 is 0 Å².